The van der Waals surface area contributed by atoms with Gasteiger partial charge >= 0.3 is 11.9 Å². The van der Waals surface area contributed by atoms with E-state index in [1.807, 2.05) is 30.3 Å². The normalized spacial score (nSPS) is 38.8. The Kier molecular flexibility index (Phi) is 6.18. The van der Waals surface area contributed by atoms with Crippen LogP contribution in [0, 0.1) is 45.8 Å². The zero-order valence-electron chi connectivity index (χ0n) is 20.9. The number of rotatable bonds is 9. The van der Waals surface area contributed by atoms with Crippen LogP contribution in [0.2, 0.25) is 0 Å². The Balaban J connectivity index is 1.43. The van der Waals surface area contributed by atoms with Gasteiger partial charge in [0, 0.05) is 10.3 Å². The number of fused-ring (bicyclic) bond motifs is 2. The third-order valence-corrected chi connectivity index (χ3v) is 11.0. The summed E-state index contributed by atoms with van der Waals surface area (Å²) >= 11 is 1.44. The van der Waals surface area contributed by atoms with Crippen LogP contribution in [0.15, 0.2) is 46.9 Å². The molecule has 3 saturated carbocycles. The highest BCUT2D eigenvalue weighted by atomic mass is 32.2. The second-order valence-electron chi connectivity index (χ2n) is 11.6. The Labute approximate surface area is 212 Å². The summed E-state index contributed by atoms with van der Waals surface area (Å²) in [4.78, 5) is 40.0. The van der Waals surface area contributed by atoms with Crippen LogP contribution in [-0.2, 0) is 19.1 Å². The maximum atomic E-state index is 13.4. The molecule has 3 fully saturated rings. The zero-order chi connectivity index (χ0) is 25.0. The maximum absolute atomic E-state index is 13.4. The number of carboxylic acid groups (broad SMARTS) is 1. The summed E-state index contributed by atoms with van der Waals surface area (Å²) in [6, 6.07) is 9.74. The number of allylic oxidation sites excluding steroid dienone is 1. The summed E-state index contributed by atoms with van der Waals surface area (Å²) in [7, 11) is 0. The van der Waals surface area contributed by atoms with Crippen LogP contribution in [0.3, 0.4) is 0 Å². The van der Waals surface area contributed by atoms with E-state index in [9.17, 15) is 19.5 Å². The van der Waals surface area contributed by atoms with Gasteiger partial charge in [-0.2, -0.15) is 0 Å². The Morgan fingerprint density at radius 1 is 1.20 bits per heavy atom. The molecule has 6 unspecified atom stereocenters. The average Bonchev–Trinajstić information content (AvgIpc) is 3.40. The molecule has 5 rings (SSSR count). The lowest BCUT2D eigenvalue weighted by atomic mass is 9.42. The predicted octanol–water partition coefficient (Wildman–Crippen LogP) is 5.64. The molecule has 0 saturated heterocycles. The molecule has 7 atom stereocenters. The molecule has 4 aliphatic carbocycles. The van der Waals surface area contributed by atoms with Crippen LogP contribution < -0.4 is 0 Å². The number of aliphatic carboxylic acids is 1. The Morgan fingerprint density at radius 2 is 1.94 bits per heavy atom. The van der Waals surface area contributed by atoms with Crippen molar-refractivity contribution in [2.75, 3.05) is 12.4 Å². The lowest BCUT2D eigenvalue weighted by Gasteiger charge is -2.58. The standard InChI is InChI=1S/C29H36O5S/c1-18(2)24-13-20-14-28(17-30)23-10-9-19(3)22(23)15-27(20,29(24,28)26(32)33)11-12-34-25(31)16-35-21-7-5-4-6-8-21/h4-8,13,17-20,22-23H,9-12,14-16H2,1-3H3,(H,32,33)/t19-,20?,22?,23?,27?,28?,29?/m1/s1. The molecule has 1 N–H and O–H groups in total. The molecule has 0 amide bonds. The molecular weight excluding hydrogens is 460 g/mol. The third kappa shape index (κ3) is 3.24. The minimum absolute atomic E-state index is 0.0383. The van der Waals surface area contributed by atoms with Crippen LogP contribution in [0.1, 0.15) is 52.9 Å². The zero-order valence-corrected chi connectivity index (χ0v) is 21.7. The highest BCUT2D eigenvalue weighted by molar-refractivity contribution is 8.00. The van der Waals surface area contributed by atoms with Crippen LogP contribution in [0.5, 0.6) is 0 Å². The van der Waals surface area contributed by atoms with Gasteiger partial charge in [-0.15, -0.1) is 11.8 Å². The molecule has 0 spiro atoms. The number of ether oxygens (including phenoxy) is 1. The van der Waals surface area contributed by atoms with Gasteiger partial charge in [-0.05, 0) is 67.4 Å². The van der Waals surface area contributed by atoms with Crippen LogP contribution in [-0.4, -0.2) is 35.7 Å². The molecule has 1 aromatic rings. The van der Waals surface area contributed by atoms with Gasteiger partial charge in [-0.3, -0.25) is 9.59 Å². The van der Waals surface area contributed by atoms with Crippen LogP contribution in [0.4, 0.5) is 0 Å². The quantitative estimate of drug-likeness (QED) is 0.206. The van der Waals surface area contributed by atoms with E-state index >= 15 is 0 Å². The van der Waals surface area contributed by atoms with Crippen molar-refractivity contribution in [3.63, 3.8) is 0 Å². The molecule has 0 heterocycles. The van der Waals surface area contributed by atoms with E-state index in [1.54, 1.807) is 0 Å². The fraction of sp³-hybridized carbons (Fsp3) is 0.621. The molecule has 0 radical (unpaired) electrons. The SMILES string of the molecule is CC(C)C1=CC2CC3(C=O)C4CC[C@@H](C)C4CC2(CCOC(=O)CSc2ccccc2)C13C(=O)O. The average molecular weight is 497 g/mol. The van der Waals surface area contributed by atoms with Gasteiger partial charge in [0.25, 0.3) is 0 Å². The number of carbonyl (C=O) groups is 3. The van der Waals surface area contributed by atoms with Gasteiger partial charge in [-0.1, -0.05) is 57.0 Å². The number of hydrogen-bond donors (Lipinski definition) is 1. The Bertz CT molecular complexity index is 1050. The summed E-state index contributed by atoms with van der Waals surface area (Å²) < 4.78 is 5.70. The first-order valence-electron chi connectivity index (χ1n) is 13.0. The highest BCUT2D eigenvalue weighted by Gasteiger charge is 2.83. The second kappa shape index (κ2) is 8.79. The predicted molar refractivity (Wildman–Crippen MR) is 135 cm³/mol. The largest absolute Gasteiger partial charge is 0.481 e. The summed E-state index contributed by atoms with van der Waals surface area (Å²) in [5.74, 6) is 0.125. The number of esters is 1. The van der Waals surface area contributed by atoms with E-state index in [4.69, 9.17) is 4.74 Å². The first-order valence-corrected chi connectivity index (χ1v) is 14.0. The van der Waals surface area contributed by atoms with Crippen LogP contribution >= 0.6 is 11.8 Å². The molecule has 4 bridgehead atoms. The summed E-state index contributed by atoms with van der Waals surface area (Å²) in [5.41, 5.74) is -1.71. The number of carbonyl (C=O) groups excluding carboxylic acids is 2. The molecule has 5 nitrogen and oxygen atoms in total. The minimum atomic E-state index is -1.20. The molecule has 35 heavy (non-hydrogen) atoms. The van der Waals surface area contributed by atoms with E-state index in [2.05, 4.69) is 26.8 Å². The number of aldehydes is 1. The third-order valence-electron chi connectivity index (χ3n) is 10.0. The minimum Gasteiger partial charge on any atom is -0.481 e. The molecule has 6 heteroatoms. The van der Waals surface area contributed by atoms with Crippen molar-refractivity contribution in [3.05, 3.63) is 42.0 Å². The number of benzene rings is 1. The molecule has 188 valence electrons. The lowest BCUT2D eigenvalue weighted by molar-refractivity contribution is -0.182. The van der Waals surface area contributed by atoms with Crippen molar-refractivity contribution in [2.45, 2.75) is 57.8 Å². The first kappa shape index (κ1) is 24.6. The number of thioether (sulfide) groups is 1. The molecule has 0 aromatic heterocycles. The van der Waals surface area contributed by atoms with Gasteiger partial charge < -0.3 is 14.6 Å². The van der Waals surface area contributed by atoms with E-state index in [0.29, 0.717) is 24.7 Å². The molecule has 1 aromatic carbocycles. The van der Waals surface area contributed by atoms with Crippen molar-refractivity contribution >= 4 is 30.0 Å². The monoisotopic (exact) mass is 496 g/mol. The summed E-state index contributed by atoms with van der Waals surface area (Å²) in [5, 5.41) is 11.0. The van der Waals surface area contributed by atoms with Crippen molar-refractivity contribution in [2.24, 2.45) is 45.8 Å². The van der Waals surface area contributed by atoms with Gasteiger partial charge in [0.15, 0.2) is 0 Å². The van der Waals surface area contributed by atoms with Gasteiger partial charge in [0.05, 0.1) is 17.8 Å². The Morgan fingerprint density at radius 3 is 2.60 bits per heavy atom. The van der Waals surface area contributed by atoms with Gasteiger partial charge in [-0.25, -0.2) is 0 Å². The second-order valence-corrected chi connectivity index (χ2v) is 12.6. The van der Waals surface area contributed by atoms with Crippen LogP contribution in [0.25, 0.3) is 0 Å². The molecule has 0 aliphatic heterocycles. The first-order chi connectivity index (χ1) is 16.7. The van der Waals surface area contributed by atoms with Crippen molar-refractivity contribution in [1.82, 2.24) is 0 Å². The topological polar surface area (TPSA) is 80.7 Å². The van der Waals surface area contributed by atoms with Crippen molar-refractivity contribution in [3.8, 4) is 0 Å². The fourth-order valence-corrected chi connectivity index (χ4v) is 9.60. The van der Waals surface area contributed by atoms with E-state index < -0.39 is 22.2 Å². The lowest BCUT2D eigenvalue weighted by Crippen LogP contribution is -2.62. The van der Waals surface area contributed by atoms with Crippen molar-refractivity contribution < 1.29 is 24.2 Å². The number of hydrogen-bond acceptors (Lipinski definition) is 5. The highest BCUT2D eigenvalue weighted by Crippen LogP contribution is 2.83. The summed E-state index contributed by atoms with van der Waals surface area (Å²) in [6.45, 7) is 6.55. The number of carboxylic acids is 1. The molecule has 4 aliphatic rings. The Hall–Kier alpha value is -2.08. The van der Waals surface area contributed by atoms with E-state index in [-0.39, 0.29) is 36.1 Å². The maximum Gasteiger partial charge on any atom is 0.316 e. The smallest absolute Gasteiger partial charge is 0.316 e. The van der Waals surface area contributed by atoms with Gasteiger partial charge in [0.2, 0.25) is 0 Å². The van der Waals surface area contributed by atoms with E-state index in [1.165, 1.54) is 11.8 Å². The summed E-state index contributed by atoms with van der Waals surface area (Å²) in [6.07, 6.45) is 7.12. The molecular formula is C29H36O5S. The van der Waals surface area contributed by atoms with Crippen molar-refractivity contribution in [1.29, 1.82) is 0 Å². The van der Waals surface area contributed by atoms with Gasteiger partial charge in [0.1, 0.15) is 11.7 Å². The fourth-order valence-electron chi connectivity index (χ4n) is 8.88. The van der Waals surface area contributed by atoms with E-state index in [0.717, 1.165) is 36.0 Å².